The minimum absolute atomic E-state index is 0.181. The average molecular weight is 262 g/mol. The predicted molar refractivity (Wildman–Crippen MR) is 61.9 cm³/mol. The van der Waals surface area contributed by atoms with E-state index < -0.39 is 6.67 Å². The minimum atomic E-state index is -0.484. The number of alkyl halides is 1. The molecule has 0 fully saturated rings. The molecule has 0 radical (unpaired) electrons. The van der Waals surface area contributed by atoms with Gasteiger partial charge in [-0.05, 0) is 17.7 Å². The monoisotopic (exact) mass is 261 g/mol. The van der Waals surface area contributed by atoms with Gasteiger partial charge in [0, 0.05) is 5.02 Å². The highest BCUT2D eigenvalue weighted by molar-refractivity contribution is 6.31. The fourth-order valence-corrected chi connectivity index (χ4v) is 2.02. The van der Waals surface area contributed by atoms with Crippen LogP contribution in [0.25, 0.3) is 0 Å². The molecular formula is C11H10Cl2FNO. The maximum absolute atomic E-state index is 12.3. The summed E-state index contributed by atoms with van der Waals surface area (Å²) in [5.74, 6) is 0. The van der Waals surface area contributed by atoms with Crippen LogP contribution in [0.1, 0.15) is 11.6 Å². The molecular weight excluding hydrogens is 252 g/mol. The molecule has 86 valence electrons. The van der Waals surface area contributed by atoms with Gasteiger partial charge < -0.3 is 4.84 Å². The van der Waals surface area contributed by atoms with E-state index in [2.05, 4.69) is 0 Å². The molecule has 0 aromatic heterocycles. The number of nitrogens with zero attached hydrogens (tertiary/aromatic N) is 1. The Morgan fingerprint density at radius 3 is 2.56 bits per heavy atom. The lowest BCUT2D eigenvalue weighted by Crippen LogP contribution is -2.25. The van der Waals surface area contributed by atoms with Gasteiger partial charge in [-0.1, -0.05) is 35.3 Å². The molecule has 0 saturated carbocycles. The first-order chi connectivity index (χ1) is 7.72. The lowest BCUT2D eigenvalue weighted by Gasteiger charge is -2.22. The van der Waals surface area contributed by atoms with Gasteiger partial charge in [0.05, 0.1) is 11.6 Å². The zero-order valence-corrected chi connectivity index (χ0v) is 9.88. The zero-order chi connectivity index (χ0) is 11.5. The van der Waals surface area contributed by atoms with Crippen molar-refractivity contribution in [1.82, 2.24) is 5.06 Å². The number of hydrogen-bond acceptors (Lipinski definition) is 2. The number of hydroxylamine groups is 2. The molecule has 5 heteroatoms. The van der Waals surface area contributed by atoms with E-state index in [9.17, 15) is 4.39 Å². The van der Waals surface area contributed by atoms with Crippen LogP contribution in [-0.4, -0.2) is 18.3 Å². The normalized spacial score (nSPS) is 20.7. The first kappa shape index (κ1) is 11.7. The SMILES string of the molecule is FCCN1OC=C(Cl)C1c1ccc(Cl)cc1. The van der Waals surface area contributed by atoms with Crippen molar-refractivity contribution in [3.63, 3.8) is 0 Å². The van der Waals surface area contributed by atoms with Crippen LogP contribution in [0.15, 0.2) is 35.6 Å². The fourth-order valence-electron chi connectivity index (χ4n) is 1.62. The van der Waals surface area contributed by atoms with Crippen molar-refractivity contribution in [3.8, 4) is 0 Å². The highest BCUT2D eigenvalue weighted by Crippen LogP contribution is 2.36. The number of rotatable bonds is 3. The molecule has 1 aliphatic rings. The zero-order valence-electron chi connectivity index (χ0n) is 8.37. The Bertz CT molecular complexity index is 393. The molecule has 1 aromatic rings. The quantitative estimate of drug-likeness (QED) is 0.823. The van der Waals surface area contributed by atoms with Gasteiger partial charge in [-0.2, -0.15) is 0 Å². The van der Waals surface area contributed by atoms with Gasteiger partial charge in [0.1, 0.15) is 19.0 Å². The van der Waals surface area contributed by atoms with E-state index in [4.69, 9.17) is 28.0 Å². The Morgan fingerprint density at radius 1 is 1.25 bits per heavy atom. The van der Waals surface area contributed by atoms with Crippen LogP contribution >= 0.6 is 23.2 Å². The molecule has 0 bridgehead atoms. The van der Waals surface area contributed by atoms with Gasteiger partial charge in [0.25, 0.3) is 0 Å². The van der Waals surface area contributed by atoms with E-state index in [1.807, 2.05) is 12.1 Å². The highest BCUT2D eigenvalue weighted by atomic mass is 35.5. The Labute approximate surface area is 103 Å². The maximum atomic E-state index is 12.3. The topological polar surface area (TPSA) is 12.5 Å². The van der Waals surface area contributed by atoms with Crippen molar-refractivity contribution in [2.45, 2.75) is 6.04 Å². The Hall–Kier alpha value is -0.770. The summed E-state index contributed by atoms with van der Waals surface area (Å²) in [6, 6.07) is 7.00. The smallest absolute Gasteiger partial charge is 0.128 e. The van der Waals surface area contributed by atoms with Crippen molar-refractivity contribution in [3.05, 3.63) is 46.1 Å². The molecule has 1 aliphatic heterocycles. The molecule has 1 atom stereocenters. The third kappa shape index (κ3) is 2.32. The number of hydrogen-bond donors (Lipinski definition) is 0. The molecule has 2 nitrogen and oxygen atoms in total. The van der Waals surface area contributed by atoms with Gasteiger partial charge in [0.15, 0.2) is 0 Å². The molecule has 2 rings (SSSR count). The second-order valence-electron chi connectivity index (χ2n) is 3.39. The lowest BCUT2D eigenvalue weighted by atomic mass is 10.1. The molecule has 0 amide bonds. The van der Waals surface area contributed by atoms with Crippen molar-refractivity contribution in [2.75, 3.05) is 13.2 Å². The molecule has 0 saturated heterocycles. The van der Waals surface area contributed by atoms with Crippen LogP contribution in [0.2, 0.25) is 5.02 Å². The van der Waals surface area contributed by atoms with Crippen LogP contribution in [0, 0.1) is 0 Å². The maximum Gasteiger partial charge on any atom is 0.128 e. The van der Waals surface area contributed by atoms with Gasteiger partial charge in [-0.25, -0.2) is 4.39 Å². The van der Waals surface area contributed by atoms with E-state index in [1.165, 1.54) is 11.3 Å². The second kappa shape index (κ2) is 5.04. The summed E-state index contributed by atoms with van der Waals surface area (Å²) in [6.45, 7) is -0.303. The predicted octanol–water partition coefficient (Wildman–Crippen LogP) is 3.68. The summed E-state index contributed by atoms with van der Waals surface area (Å²) in [5.41, 5.74) is 0.927. The summed E-state index contributed by atoms with van der Waals surface area (Å²) >= 11 is 11.8. The Kier molecular flexibility index (Phi) is 3.69. The van der Waals surface area contributed by atoms with Crippen molar-refractivity contribution in [1.29, 1.82) is 0 Å². The van der Waals surface area contributed by atoms with Gasteiger partial charge in [-0.15, -0.1) is 5.06 Å². The van der Waals surface area contributed by atoms with E-state index in [0.29, 0.717) is 10.1 Å². The van der Waals surface area contributed by atoms with Gasteiger partial charge in [0.2, 0.25) is 0 Å². The average Bonchev–Trinajstić information content (AvgIpc) is 2.62. The second-order valence-corrected chi connectivity index (χ2v) is 4.26. The van der Waals surface area contributed by atoms with Gasteiger partial charge >= 0.3 is 0 Å². The van der Waals surface area contributed by atoms with Crippen molar-refractivity contribution >= 4 is 23.2 Å². The van der Waals surface area contributed by atoms with Crippen LogP contribution in [-0.2, 0) is 4.84 Å². The largest absolute Gasteiger partial charge is 0.411 e. The summed E-state index contributed by atoms with van der Waals surface area (Å²) in [5, 5.41) is 2.70. The van der Waals surface area contributed by atoms with E-state index in [-0.39, 0.29) is 12.6 Å². The van der Waals surface area contributed by atoms with Crippen LogP contribution < -0.4 is 0 Å². The van der Waals surface area contributed by atoms with E-state index >= 15 is 0 Å². The standard InChI is InChI=1S/C11H10Cl2FNO/c12-9-3-1-8(2-4-9)11-10(13)7-16-15(11)6-5-14/h1-4,7,11H,5-6H2. The van der Waals surface area contributed by atoms with E-state index in [1.54, 1.807) is 12.1 Å². The Balaban J connectivity index is 2.23. The van der Waals surface area contributed by atoms with Gasteiger partial charge in [-0.3, -0.25) is 0 Å². The molecule has 0 N–H and O–H groups in total. The first-order valence-corrected chi connectivity index (χ1v) is 5.58. The molecule has 0 aliphatic carbocycles. The summed E-state index contributed by atoms with van der Waals surface area (Å²) < 4.78 is 12.3. The Morgan fingerprint density at radius 2 is 1.94 bits per heavy atom. The third-order valence-corrected chi connectivity index (χ3v) is 2.89. The summed E-state index contributed by atoms with van der Waals surface area (Å²) in [7, 11) is 0. The lowest BCUT2D eigenvalue weighted by molar-refractivity contribution is -0.108. The molecule has 1 aromatic carbocycles. The highest BCUT2D eigenvalue weighted by Gasteiger charge is 2.29. The van der Waals surface area contributed by atoms with Crippen LogP contribution in [0.5, 0.6) is 0 Å². The molecule has 0 spiro atoms. The number of benzene rings is 1. The van der Waals surface area contributed by atoms with Crippen LogP contribution in [0.4, 0.5) is 4.39 Å². The molecule has 16 heavy (non-hydrogen) atoms. The van der Waals surface area contributed by atoms with Crippen LogP contribution in [0.3, 0.4) is 0 Å². The minimum Gasteiger partial charge on any atom is -0.411 e. The summed E-state index contributed by atoms with van der Waals surface area (Å²) in [4.78, 5) is 5.17. The summed E-state index contributed by atoms with van der Waals surface area (Å²) in [6.07, 6.45) is 1.43. The number of halogens is 3. The van der Waals surface area contributed by atoms with Crippen molar-refractivity contribution < 1.29 is 9.23 Å². The first-order valence-electron chi connectivity index (χ1n) is 4.83. The third-order valence-electron chi connectivity index (χ3n) is 2.34. The van der Waals surface area contributed by atoms with E-state index in [0.717, 1.165) is 5.56 Å². The molecule has 1 heterocycles. The fraction of sp³-hybridized carbons (Fsp3) is 0.273. The van der Waals surface area contributed by atoms with Crippen molar-refractivity contribution in [2.24, 2.45) is 0 Å². The molecule has 1 unspecified atom stereocenters.